The van der Waals surface area contributed by atoms with E-state index in [4.69, 9.17) is 16.7 Å². The number of benzene rings is 1. The Bertz CT molecular complexity index is 447. The molecular weight excluding hydrogens is 258 g/mol. The summed E-state index contributed by atoms with van der Waals surface area (Å²) in [6.45, 7) is 1.30. The van der Waals surface area contributed by atoms with E-state index in [1.807, 2.05) is 0 Å². The first-order valence-corrected chi connectivity index (χ1v) is 5.72. The molecule has 5 nitrogen and oxygen atoms in total. The van der Waals surface area contributed by atoms with Crippen LogP contribution in [0.25, 0.3) is 0 Å². The fraction of sp³-hybridized carbons (Fsp3) is 0.333. The van der Waals surface area contributed by atoms with Crippen molar-refractivity contribution in [2.45, 2.75) is 25.5 Å². The number of amides is 1. The fourth-order valence-electron chi connectivity index (χ4n) is 1.45. The number of rotatable bonds is 5. The molecule has 2 atom stereocenters. The largest absolute Gasteiger partial charge is 0.480 e. The van der Waals surface area contributed by atoms with Gasteiger partial charge in [-0.2, -0.15) is 0 Å². The van der Waals surface area contributed by atoms with E-state index < -0.39 is 24.0 Å². The van der Waals surface area contributed by atoms with Crippen LogP contribution in [-0.4, -0.2) is 34.2 Å². The minimum absolute atomic E-state index is 0.0110. The van der Waals surface area contributed by atoms with Crippen molar-refractivity contribution in [3.8, 4) is 0 Å². The lowest BCUT2D eigenvalue weighted by Gasteiger charge is -2.16. The van der Waals surface area contributed by atoms with Gasteiger partial charge in [0.05, 0.1) is 12.5 Å². The Labute approximate surface area is 109 Å². The van der Waals surface area contributed by atoms with E-state index in [0.29, 0.717) is 10.6 Å². The molecule has 0 aromatic heterocycles. The molecule has 1 aromatic carbocycles. The summed E-state index contributed by atoms with van der Waals surface area (Å²) in [6, 6.07) is 5.41. The second kappa shape index (κ2) is 6.37. The average molecular weight is 272 g/mol. The third-order valence-electron chi connectivity index (χ3n) is 2.32. The van der Waals surface area contributed by atoms with Gasteiger partial charge in [-0.25, -0.2) is 4.79 Å². The summed E-state index contributed by atoms with van der Waals surface area (Å²) < 4.78 is 0. The van der Waals surface area contributed by atoms with Crippen LogP contribution in [-0.2, 0) is 16.0 Å². The van der Waals surface area contributed by atoms with E-state index in [1.54, 1.807) is 24.3 Å². The summed E-state index contributed by atoms with van der Waals surface area (Å²) in [5, 5.41) is 20.8. The highest BCUT2D eigenvalue weighted by atomic mass is 35.5. The van der Waals surface area contributed by atoms with Gasteiger partial charge in [-0.15, -0.1) is 0 Å². The van der Waals surface area contributed by atoms with E-state index in [1.165, 1.54) is 6.92 Å². The summed E-state index contributed by atoms with van der Waals surface area (Å²) in [7, 11) is 0. The molecule has 6 heteroatoms. The molecule has 0 aliphatic heterocycles. The lowest BCUT2D eigenvalue weighted by atomic mass is 10.1. The lowest BCUT2D eigenvalue weighted by molar-refractivity contribution is -0.144. The number of carboxylic acid groups (broad SMARTS) is 1. The van der Waals surface area contributed by atoms with Crippen LogP contribution in [0.2, 0.25) is 5.02 Å². The number of hydrogen-bond donors (Lipinski definition) is 3. The van der Waals surface area contributed by atoms with Crippen molar-refractivity contribution in [1.82, 2.24) is 5.32 Å². The molecular formula is C12H14ClNO4. The number of carbonyl (C=O) groups excluding carboxylic acids is 1. The van der Waals surface area contributed by atoms with Gasteiger partial charge in [0.2, 0.25) is 5.91 Å². The minimum Gasteiger partial charge on any atom is -0.480 e. The van der Waals surface area contributed by atoms with Crippen LogP contribution < -0.4 is 5.32 Å². The monoisotopic (exact) mass is 271 g/mol. The van der Waals surface area contributed by atoms with Crippen LogP contribution in [0.3, 0.4) is 0 Å². The number of hydrogen-bond acceptors (Lipinski definition) is 3. The smallest absolute Gasteiger partial charge is 0.328 e. The molecule has 98 valence electrons. The molecule has 1 amide bonds. The van der Waals surface area contributed by atoms with E-state index in [2.05, 4.69) is 5.32 Å². The Morgan fingerprint density at radius 3 is 2.61 bits per heavy atom. The van der Waals surface area contributed by atoms with Gasteiger partial charge in [0.15, 0.2) is 6.04 Å². The Morgan fingerprint density at radius 1 is 1.44 bits per heavy atom. The molecule has 1 rings (SSSR count). The van der Waals surface area contributed by atoms with Gasteiger partial charge in [-0.1, -0.05) is 23.7 Å². The molecule has 0 aliphatic carbocycles. The second-order valence-corrected chi connectivity index (χ2v) is 4.37. The predicted molar refractivity (Wildman–Crippen MR) is 66.4 cm³/mol. The molecule has 0 spiro atoms. The second-order valence-electron chi connectivity index (χ2n) is 3.93. The van der Waals surface area contributed by atoms with Crippen LogP contribution in [0.4, 0.5) is 0 Å². The number of carboxylic acids is 1. The van der Waals surface area contributed by atoms with Gasteiger partial charge in [0.25, 0.3) is 0 Å². The van der Waals surface area contributed by atoms with Crippen molar-refractivity contribution < 1.29 is 19.8 Å². The maximum absolute atomic E-state index is 11.6. The highest BCUT2D eigenvalue weighted by Gasteiger charge is 2.24. The van der Waals surface area contributed by atoms with Crippen LogP contribution in [0.1, 0.15) is 12.5 Å². The zero-order chi connectivity index (χ0) is 13.7. The Balaban J connectivity index is 2.63. The summed E-state index contributed by atoms with van der Waals surface area (Å²) in [4.78, 5) is 22.4. The number of carbonyl (C=O) groups is 2. The van der Waals surface area contributed by atoms with Crippen molar-refractivity contribution in [1.29, 1.82) is 0 Å². The molecule has 0 heterocycles. The average Bonchev–Trinajstić information content (AvgIpc) is 2.25. The number of aliphatic carboxylic acids is 1. The number of nitrogens with one attached hydrogen (secondary N) is 1. The lowest BCUT2D eigenvalue weighted by Crippen LogP contribution is -2.48. The topological polar surface area (TPSA) is 86.6 Å². The van der Waals surface area contributed by atoms with Gasteiger partial charge in [-0.05, 0) is 24.6 Å². The van der Waals surface area contributed by atoms with E-state index in [9.17, 15) is 14.7 Å². The Morgan fingerprint density at radius 2 is 2.11 bits per heavy atom. The van der Waals surface area contributed by atoms with Crippen molar-refractivity contribution in [3.05, 3.63) is 34.9 Å². The van der Waals surface area contributed by atoms with Crippen molar-refractivity contribution in [2.24, 2.45) is 0 Å². The third kappa shape index (κ3) is 4.35. The molecule has 18 heavy (non-hydrogen) atoms. The van der Waals surface area contributed by atoms with Gasteiger partial charge in [0, 0.05) is 5.02 Å². The maximum atomic E-state index is 11.6. The van der Waals surface area contributed by atoms with E-state index in [-0.39, 0.29) is 6.42 Å². The van der Waals surface area contributed by atoms with Crippen LogP contribution in [0.5, 0.6) is 0 Å². The Hall–Kier alpha value is -1.59. The first-order chi connectivity index (χ1) is 8.40. The molecule has 0 bridgehead atoms. The van der Waals surface area contributed by atoms with Crippen LogP contribution in [0, 0.1) is 0 Å². The molecule has 0 saturated carbocycles. The summed E-state index contributed by atoms with van der Waals surface area (Å²) in [5.74, 6) is -1.75. The molecule has 0 saturated heterocycles. The van der Waals surface area contributed by atoms with Gasteiger partial charge in [-0.3, -0.25) is 4.79 Å². The molecule has 3 N–H and O–H groups in total. The summed E-state index contributed by atoms with van der Waals surface area (Å²) in [6.07, 6.45) is -1.15. The zero-order valence-corrected chi connectivity index (χ0v) is 10.5. The maximum Gasteiger partial charge on any atom is 0.328 e. The van der Waals surface area contributed by atoms with Gasteiger partial charge < -0.3 is 15.5 Å². The van der Waals surface area contributed by atoms with Crippen molar-refractivity contribution in [2.75, 3.05) is 0 Å². The Kier molecular flexibility index (Phi) is 5.12. The number of halogens is 1. The third-order valence-corrected chi connectivity index (χ3v) is 2.55. The first kappa shape index (κ1) is 14.5. The highest BCUT2D eigenvalue weighted by molar-refractivity contribution is 6.30. The first-order valence-electron chi connectivity index (χ1n) is 5.35. The van der Waals surface area contributed by atoms with Crippen LogP contribution >= 0.6 is 11.6 Å². The predicted octanol–water partition coefficient (Wildman–Crippen LogP) is 0.833. The highest BCUT2D eigenvalue weighted by Crippen LogP contribution is 2.11. The quantitative estimate of drug-likeness (QED) is 0.740. The van der Waals surface area contributed by atoms with Gasteiger partial charge in [0.1, 0.15) is 0 Å². The molecule has 0 aliphatic rings. The van der Waals surface area contributed by atoms with Gasteiger partial charge >= 0.3 is 5.97 Å². The minimum atomic E-state index is -1.31. The SMILES string of the molecule is C[C@@H](O)[C@H](NC(=O)Cc1cccc(Cl)c1)C(=O)O. The van der Waals surface area contributed by atoms with E-state index >= 15 is 0 Å². The molecule has 0 fully saturated rings. The van der Waals surface area contributed by atoms with Crippen LogP contribution in [0.15, 0.2) is 24.3 Å². The summed E-state index contributed by atoms with van der Waals surface area (Å²) in [5.41, 5.74) is 0.676. The molecule has 0 unspecified atom stereocenters. The summed E-state index contributed by atoms with van der Waals surface area (Å²) >= 11 is 5.77. The number of aliphatic hydroxyl groups excluding tert-OH is 1. The van der Waals surface area contributed by atoms with E-state index in [0.717, 1.165) is 0 Å². The fourth-order valence-corrected chi connectivity index (χ4v) is 1.66. The van der Waals surface area contributed by atoms with Crippen molar-refractivity contribution in [3.63, 3.8) is 0 Å². The molecule has 1 aromatic rings. The molecule has 0 radical (unpaired) electrons. The normalized spacial score (nSPS) is 13.7. The zero-order valence-electron chi connectivity index (χ0n) is 9.76. The standard InChI is InChI=1S/C12H14ClNO4/c1-7(15)11(12(17)18)14-10(16)6-8-3-2-4-9(13)5-8/h2-5,7,11,15H,6H2,1H3,(H,14,16)(H,17,18)/t7-,11+/m1/s1. The number of aliphatic hydroxyl groups is 1. The van der Waals surface area contributed by atoms with Crippen molar-refractivity contribution >= 4 is 23.5 Å².